The van der Waals surface area contributed by atoms with Crippen LogP contribution >= 0.6 is 11.8 Å². The van der Waals surface area contributed by atoms with Gasteiger partial charge in [0.25, 0.3) is 0 Å². The van der Waals surface area contributed by atoms with E-state index < -0.39 is 23.7 Å². The molecule has 0 unspecified atom stereocenters. The zero-order chi connectivity index (χ0) is 20.5. The van der Waals surface area contributed by atoms with Crippen LogP contribution in [0.25, 0.3) is 16.7 Å². The van der Waals surface area contributed by atoms with Crippen LogP contribution in [0.1, 0.15) is 30.7 Å². The van der Waals surface area contributed by atoms with Gasteiger partial charge in [-0.1, -0.05) is 6.42 Å². The number of alkyl halides is 6. The first-order chi connectivity index (χ1) is 13.1. The topological polar surface area (TPSA) is 63.3 Å². The summed E-state index contributed by atoms with van der Waals surface area (Å²) in [5.41, 5.74) is -1.73. The van der Waals surface area contributed by atoms with Gasteiger partial charge in [-0.2, -0.15) is 26.3 Å². The van der Waals surface area contributed by atoms with Crippen molar-refractivity contribution in [2.24, 2.45) is 0 Å². The predicted octanol–water partition coefficient (Wildman–Crippen LogP) is 4.57. The zero-order valence-corrected chi connectivity index (χ0v) is 15.0. The number of rotatable bonds is 6. The number of unbranched alkanes of at least 4 members (excludes halogenated alkanes) is 2. The van der Waals surface area contributed by atoms with Crippen LogP contribution in [-0.4, -0.2) is 37.0 Å². The van der Waals surface area contributed by atoms with Crippen LogP contribution in [0.4, 0.5) is 26.3 Å². The van der Waals surface area contributed by atoms with E-state index in [1.165, 1.54) is 0 Å². The predicted molar refractivity (Wildman–Crippen MR) is 90.0 cm³/mol. The fourth-order valence-electron chi connectivity index (χ4n) is 2.62. The third-order valence-corrected chi connectivity index (χ3v) is 4.95. The summed E-state index contributed by atoms with van der Waals surface area (Å²) in [6, 6.07) is 2.42. The molecule has 0 radical (unpaired) electrons. The summed E-state index contributed by atoms with van der Waals surface area (Å²) in [7, 11) is 0. The SMILES string of the molecule is OCCCCCSc1nc2ccc(C(F)(F)F)cc2n2c(C(F)(F)F)nnc12. The van der Waals surface area contributed by atoms with Gasteiger partial charge in [0.2, 0.25) is 5.82 Å². The Hall–Kier alpha value is -2.08. The third-order valence-electron chi connectivity index (χ3n) is 3.91. The number of halogens is 6. The van der Waals surface area contributed by atoms with E-state index in [2.05, 4.69) is 15.2 Å². The van der Waals surface area contributed by atoms with Crippen LogP contribution in [0.5, 0.6) is 0 Å². The lowest BCUT2D eigenvalue weighted by Gasteiger charge is -2.12. The molecule has 1 N–H and O–H groups in total. The Balaban J connectivity index is 2.14. The molecule has 28 heavy (non-hydrogen) atoms. The number of benzene rings is 1. The van der Waals surface area contributed by atoms with Gasteiger partial charge in [-0.25, -0.2) is 4.98 Å². The Labute approximate surface area is 158 Å². The fourth-order valence-corrected chi connectivity index (χ4v) is 3.59. The van der Waals surface area contributed by atoms with Gasteiger partial charge in [-0.15, -0.1) is 22.0 Å². The van der Waals surface area contributed by atoms with Crippen LogP contribution in [0.2, 0.25) is 0 Å². The smallest absolute Gasteiger partial charge is 0.396 e. The number of nitrogens with zero attached hydrogens (tertiary/aromatic N) is 4. The maximum atomic E-state index is 13.3. The lowest BCUT2D eigenvalue weighted by Crippen LogP contribution is -2.12. The molecule has 0 atom stereocenters. The van der Waals surface area contributed by atoms with Gasteiger partial charge in [-0.3, -0.25) is 4.40 Å². The summed E-state index contributed by atoms with van der Waals surface area (Å²) in [6.07, 6.45) is -7.60. The lowest BCUT2D eigenvalue weighted by atomic mass is 10.2. The summed E-state index contributed by atoms with van der Waals surface area (Å²) in [5, 5.41) is 15.6. The highest BCUT2D eigenvalue weighted by Crippen LogP contribution is 2.36. The molecule has 3 rings (SSSR count). The van der Waals surface area contributed by atoms with Crippen LogP contribution in [0, 0.1) is 0 Å². The molecule has 0 spiro atoms. The minimum atomic E-state index is -4.90. The van der Waals surface area contributed by atoms with Gasteiger partial charge in [0.05, 0.1) is 16.6 Å². The first-order valence-electron chi connectivity index (χ1n) is 8.20. The number of hydrogen-bond donors (Lipinski definition) is 1. The van der Waals surface area contributed by atoms with E-state index in [1.807, 2.05) is 0 Å². The molecule has 2 heterocycles. The second-order valence-electron chi connectivity index (χ2n) is 5.93. The quantitative estimate of drug-likeness (QED) is 0.357. The minimum Gasteiger partial charge on any atom is -0.396 e. The lowest BCUT2D eigenvalue weighted by molar-refractivity contribution is -0.145. The summed E-state index contributed by atoms with van der Waals surface area (Å²) >= 11 is 1.14. The van der Waals surface area contributed by atoms with Crippen LogP contribution in [-0.2, 0) is 12.4 Å². The van der Waals surface area contributed by atoms with Gasteiger partial charge >= 0.3 is 12.4 Å². The van der Waals surface area contributed by atoms with Crippen molar-refractivity contribution < 1.29 is 31.4 Å². The summed E-state index contributed by atoms with van der Waals surface area (Å²) in [6.45, 7) is 0.0454. The second kappa shape index (κ2) is 7.74. The zero-order valence-electron chi connectivity index (χ0n) is 14.2. The normalized spacial score (nSPS) is 13.0. The minimum absolute atomic E-state index is 0.0244. The molecule has 0 aliphatic rings. The Morgan fingerprint density at radius 3 is 2.36 bits per heavy atom. The van der Waals surface area contributed by atoms with Crippen molar-refractivity contribution >= 4 is 28.4 Å². The first-order valence-corrected chi connectivity index (χ1v) is 9.18. The number of aromatic nitrogens is 4. The Bertz CT molecular complexity index is 985. The number of aliphatic hydroxyl groups is 1. The van der Waals surface area contributed by atoms with Crippen molar-refractivity contribution in [1.82, 2.24) is 19.6 Å². The number of aliphatic hydroxyl groups excluding tert-OH is 1. The number of fused-ring (bicyclic) bond motifs is 3. The van der Waals surface area contributed by atoms with E-state index in [9.17, 15) is 26.3 Å². The van der Waals surface area contributed by atoms with E-state index in [4.69, 9.17) is 5.11 Å². The molecule has 5 nitrogen and oxygen atoms in total. The Morgan fingerprint density at radius 1 is 0.964 bits per heavy atom. The number of thioether (sulfide) groups is 1. The van der Waals surface area contributed by atoms with E-state index >= 15 is 0 Å². The van der Waals surface area contributed by atoms with Gasteiger partial charge < -0.3 is 5.11 Å². The maximum absolute atomic E-state index is 13.3. The van der Waals surface area contributed by atoms with Gasteiger partial charge in [0, 0.05) is 6.61 Å². The maximum Gasteiger partial charge on any atom is 0.452 e. The van der Waals surface area contributed by atoms with Crippen molar-refractivity contribution in [2.75, 3.05) is 12.4 Å². The molecule has 3 aromatic rings. The highest BCUT2D eigenvalue weighted by molar-refractivity contribution is 7.99. The highest BCUT2D eigenvalue weighted by atomic mass is 32.2. The standard InChI is InChI=1S/C16H14F6N4OS/c17-15(18,19)9-4-5-10-11(8-9)26-12(24-25-14(26)16(20,21)22)13(23-10)28-7-3-1-2-6-27/h4-5,8,27H,1-3,6-7H2. The Kier molecular flexibility index (Phi) is 5.71. The molecule has 0 fully saturated rings. The average Bonchev–Trinajstić information content (AvgIpc) is 3.06. The van der Waals surface area contributed by atoms with Crippen LogP contribution in [0.3, 0.4) is 0 Å². The number of hydrogen-bond acceptors (Lipinski definition) is 5. The van der Waals surface area contributed by atoms with E-state index in [0.717, 1.165) is 30.3 Å². The molecule has 2 aromatic heterocycles. The van der Waals surface area contributed by atoms with Crippen LogP contribution in [0.15, 0.2) is 23.2 Å². The monoisotopic (exact) mass is 424 g/mol. The highest BCUT2D eigenvalue weighted by Gasteiger charge is 2.38. The summed E-state index contributed by atoms with van der Waals surface area (Å²) in [4.78, 5) is 4.20. The first kappa shape index (κ1) is 20.6. The fraction of sp³-hybridized carbons (Fsp3) is 0.438. The van der Waals surface area contributed by atoms with E-state index in [-0.39, 0.29) is 28.3 Å². The molecule has 0 saturated carbocycles. The van der Waals surface area contributed by atoms with Crippen LogP contribution < -0.4 is 0 Å². The molecule has 0 aliphatic carbocycles. The van der Waals surface area contributed by atoms with Crippen molar-refractivity contribution in [3.05, 3.63) is 29.6 Å². The van der Waals surface area contributed by atoms with Gasteiger partial charge in [0.1, 0.15) is 5.03 Å². The second-order valence-corrected chi connectivity index (χ2v) is 7.01. The average molecular weight is 424 g/mol. The molecular weight excluding hydrogens is 410 g/mol. The van der Waals surface area contributed by atoms with Gasteiger partial charge in [0.15, 0.2) is 5.65 Å². The molecular formula is C16H14F6N4OS. The Morgan fingerprint density at radius 2 is 1.71 bits per heavy atom. The molecule has 152 valence electrons. The molecule has 0 aliphatic heterocycles. The van der Waals surface area contributed by atoms with Crippen molar-refractivity contribution in [1.29, 1.82) is 0 Å². The molecule has 12 heteroatoms. The largest absolute Gasteiger partial charge is 0.452 e. The summed E-state index contributed by atoms with van der Waals surface area (Å²) in [5.74, 6) is -0.903. The van der Waals surface area contributed by atoms with Crippen molar-refractivity contribution in [3.63, 3.8) is 0 Å². The van der Waals surface area contributed by atoms with Gasteiger partial charge in [-0.05, 0) is 36.8 Å². The molecule has 0 saturated heterocycles. The van der Waals surface area contributed by atoms with Crippen molar-refractivity contribution in [2.45, 2.75) is 36.6 Å². The molecule has 1 aromatic carbocycles. The van der Waals surface area contributed by atoms with E-state index in [0.29, 0.717) is 29.1 Å². The molecule has 0 amide bonds. The van der Waals surface area contributed by atoms with Crippen molar-refractivity contribution in [3.8, 4) is 0 Å². The third kappa shape index (κ3) is 4.17. The van der Waals surface area contributed by atoms with E-state index in [1.54, 1.807) is 0 Å². The molecule has 0 bridgehead atoms. The summed E-state index contributed by atoms with van der Waals surface area (Å²) < 4.78 is 79.7.